The summed E-state index contributed by atoms with van der Waals surface area (Å²) >= 11 is 0. The van der Waals surface area contributed by atoms with Crippen molar-refractivity contribution >= 4 is 28.9 Å². The minimum absolute atomic E-state index is 0.0195. The van der Waals surface area contributed by atoms with Crippen molar-refractivity contribution in [3.8, 4) is 5.75 Å². The van der Waals surface area contributed by atoms with E-state index in [1.807, 2.05) is 31.2 Å². The van der Waals surface area contributed by atoms with Gasteiger partial charge in [-0.1, -0.05) is 12.1 Å². The van der Waals surface area contributed by atoms with E-state index in [0.717, 1.165) is 48.4 Å². The van der Waals surface area contributed by atoms with E-state index in [1.54, 1.807) is 19.2 Å². The van der Waals surface area contributed by atoms with E-state index in [2.05, 4.69) is 15.5 Å². The maximum Gasteiger partial charge on any atom is 0.337 e. The minimum atomic E-state index is -0.922. The number of amides is 1. The maximum absolute atomic E-state index is 12.8. The standard InChI is InChI=1S/C23H27N3O4/c1-14-6-9-16(12-20(14)30-2)25-22(27)15-7-10-17(11-8-15)26-13-24-21-18(23(28)29)4-3-5-19(21)26/h3-6,9,12,15,17,24H,7-8,10-11,13H2,1-2H3,(H,25,27)(H,28,29). The van der Waals surface area contributed by atoms with Crippen molar-refractivity contribution < 1.29 is 19.4 Å². The number of anilines is 3. The van der Waals surface area contributed by atoms with Gasteiger partial charge in [0, 0.05) is 23.7 Å². The van der Waals surface area contributed by atoms with Gasteiger partial charge in [0.15, 0.2) is 0 Å². The summed E-state index contributed by atoms with van der Waals surface area (Å²) in [7, 11) is 1.62. The molecule has 1 aliphatic heterocycles. The molecule has 2 aliphatic rings. The van der Waals surface area contributed by atoms with Crippen LogP contribution in [-0.2, 0) is 4.79 Å². The van der Waals surface area contributed by atoms with Crippen LogP contribution in [0.4, 0.5) is 17.1 Å². The molecule has 2 aromatic rings. The van der Waals surface area contributed by atoms with Crippen molar-refractivity contribution in [2.75, 3.05) is 29.3 Å². The molecule has 1 aliphatic carbocycles. The Morgan fingerprint density at radius 2 is 1.93 bits per heavy atom. The average molecular weight is 409 g/mol. The number of aryl methyl sites for hydroxylation is 1. The predicted molar refractivity (Wildman–Crippen MR) is 116 cm³/mol. The highest BCUT2D eigenvalue weighted by molar-refractivity contribution is 5.99. The largest absolute Gasteiger partial charge is 0.496 e. The fourth-order valence-corrected chi connectivity index (χ4v) is 4.51. The van der Waals surface area contributed by atoms with Crippen LogP contribution in [0, 0.1) is 12.8 Å². The summed E-state index contributed by atoms with van der Waals surface area (Å²) in [4.78, 5) is 26.5. The Morgan fingerprint density at radius 3 is 2.63 bits per heavy atom. The van der Waals surface area contributed by atoms with Crippen molar-refractivity contribution in [2.45, 2.75) is 38.6 Å². The van der Waals surface area contributed by atoms with Crippen molar-refractivity contribution in [2.24, 2.45) is 5.92 Å². The van der Waals surface area contributed by atoms with Crippen molar-refractivity contribution in [1.29, 1.82) is 0 Å². The van der Waals surface area contributed by atoms with Gasteiger partial charge in [0.25, 0.3) is 0 Å². The first kappa shape index (κ1) is 20.1. The lowest BCUT2D eigenvalue weighted by atomic mass is 9.84. The molecule has 1 heterocycles. The quantitative estimate of drug-likeness (QED) is 0.689. The van der Waals surface area contributed by atoms with Gasteiger partial charge in [-0.05, 0) is 56.4 Å². The van der Waals surface area contributed by atoms with E-state index in [-0.39, 0.29) is 11.8 Å². The number of rotatable bonds is 5. The second-order valence-electron chi connectivity index (χ2n) is 7.99. The molecular formula is C23H27N3O4. The molecule has 30 heavy (non-hydrogen) atoms. The third-order valence-corrected chi connectivity index (χ3v) is 6.19. The molecule has 3 N–H and O–H groups in total. The van der Waals surface area contributed by atoms with Gasteiger partial charge in [-0.3, -0.25) is 4.79 Å². The van der Waals surface area contributed by atoms with Gasteiger partial charge in [-0.15, -0.1) is 0 Å². The van der Waals surface area contributed by atoms with Crippen LogP contribution >= 0.6 is 0 Å². The van der Waals surface area contributed by atoms with Crippen LogP contribution in [0.15, 0.2) is 36.4 Å². The lowest BCUT2D eigenvalue weighted by Crippen LogP contribution is -2.39. The maximum atomic E-state index is 12.8. The molecule has 0 unspecified atom stereocenters. The molecule has 0 radical (unpaired) electrons. The second kappa shape index (κ2) is 8.26. The van der Waals surface area contributed by atoms with Crippen LogP contribution in [0.1, 0.15) is 41.6 Å². The summed E-state index contributed by atoms with van der Waals surface area (Å²) in [6.07, 6.45) is 3.41. The number of aromatic carboxylic acids is 1. The van der Waals surface area contributed by atoms with E-state index in [9.17, 15) is 14.7 Å². The Labute approximate surface area is 176 Å². The zero-order valence-corrected chi connectivity index (χ0v) is 17.3. The van der Waals surface area contributed by atoms with Gasteiger partial charge in [-0.2, -0.15) is 0 Å². The molecule has 158 valence electrons. The van der Waals surface area contributed by atoms with E-state index >= 15 is 0 Å². The van der Waals surface area contributed by atoms with Crippen LogP contribution in [0.2, 0.25) is 0 Å². The number of hydrogen-bond acceptors (Lipinski definition) is 5. The van der Waals surface area contributed by atoms with Crippen LogP contribution in [0.5, 0.6) is 5.75 Å². The van der Waals surface area contributed by atoms with Crippen LogP contribution < -0.4 is 20.3 Å². The first-order valence-corrected chi connectivity index (χ1v) is 10.3. The second-order valence-corrected chi connectivity index (χ2v) is 7.99. The molecule has 7 heteroatoms. The number of carboxylic acid groups (broad SMARTS) is 1. The fourth-order valence-electron chi connectivity index (χ4n) is 4.51. The number of nitrogens with zero attached hydrogens (tertiary/aromatic N) is 1. The third kappa shape index (κ3) is 3.79. The van der Waals surface area contributed by atoms with Crippen molar-refractivity contribution in [3.63, 3.8) is 0 Å². The number of carbonyl (C=O) groups excluding carboxylic acids is 1. The molecule has 4 rings (SSSR count). The number of carbonyl (C=O) groups is 2. The zero-order chi connectivity index (χ0) is 21.3. The highest BCUT2D eigenvalue weighted by atomic mass is 16.5. The summed E-state index contributed by atoms with van der Waals surface area (Å²) in [5, 5.41) is 15.7. The molecule has 1 saturated carbocycles. The Balaban J connectivity index is 1.38. The molecule has 0 bridgehead atoms. The van der Waals surface area contributed by atoms with E-state index < -0.39 is 5.97 Å². The van der Waals surface area contributed by atoms with Crippen molar-refractivity contribution in [1.82, 2.24) is 0 Å². The molecule has 7 nitrogen and oxygen atoms in total. The van der Waals surface area contributed by atoms with Gasteiger partial charge >= 0.3 is 5.97 Å². The Hall–Kier alpha value is -3.22. The molecule has 1 fully saturated rings. The molecular weight excluding hydrogens is 382 g/mol. The number of nitrogens with one attached hydrogen (secondary N) is 2. The zero-order valence-electron chi connectivity index (χ0n) is 17.3. The van der Waals surface area contributed by atoms with Crippen LogP contribution in [-0.4, -0.2) is 36.8 Å². The Kier molecular flexibility index (Phi) is 5.53. The van der Waals surface area contributed by atoms with Gasteiger partial charge in [0.2, 0.25) is 5.91 Å². The summed E-state index contributed by atoms with van der Waals surface area (Å²) in [5.74, 6) is -0.131. The average Bonchev–Trinajstić information content (AvgIpc) is 3.19. The SMILES string of the molecule is COc1cc(NC(=O)C2CCC(N3CNc4c(C(=O)O)cccc43)CC2)ccc1C. The van der Waals surface area contributed by atoms with E-state index in [4.69, 9.17) is 4.74 Å². The molecule has 0 spiro atoms. The number of benzene rings is 2. The molecule has 0 aromatic heterocycles. The lowest BCUT2D eigenvalue weighted by molar-refractivity contribution is -0.120. The predicted octanol–water partition coefficient (Wildman–Crippen LogP) is 4.09. The monoisotopic (exact) mass is 409 g/mol. The van der Waals surface area contributed by atoms with E-state index in [0.29, 0.717) is 24.0 Å². The van der Waals surface area contributed by atoms with Crippen LogP contribution in [0.25, 0.3) is 0 Å². The summed E-state index contributed by atoms with van der Waals surface area (Å²) in [6, 6.07) is 11.4. The van der Waals surface area contributed by atoms with Gasteiger partial charge < -0.3 is 25.4 Å². The minimum Gasteiger partial charge on any atom is -0.496 e. The molecule has 2 aromatic carbocycles. The lowest BCUT2D eigenvalue weighted by Gasteiger charge is -2.35. The number of fused-ring (bicyclic) bond motifs is 1. The third-order valence-electron chi connectivity index (χ3n) is 6.19. The summed E-state index contributed by atoms with van der Waals surface area (Å²) in [6.45, 7) is 2.57. The van der Waals surface area contributed by atoms with Gasteiger partial charge in [0.05, 0.1) is 30.7 Å². The van der Waals surface area contributed by atoms with Gasteiger partial charge in [-0.25, -0.2) is 4.79 Å². The first-order chi connectivity index (χ1) is 14.5. The number of ether oxygens (including phenoxy) is 1. The number of hydrogen-bond donors (Lipinski definition) is 3. The summed E-state index contributed by atoms with van der Waals surface area (Å²) in [5.41, 5.74) is 3.72. The highest BCUT2D eigenvalue weighted by Gasteiger charge is 2.33. The number of methoxy groups -OCH3 is 1. The molecule has 0 saturated heterocycles. The molecule has 0 atom stereocenters. The normalized spacial score (nSPS) is 20.3. The highest BCUT2D eigenvalue weighted by Crippen LogP contribution is 2.39. The molecule has 1 amide bonds. The number of carboxylic acids is 1. The fraction of sp³-hybridized carbons (Fsp3) is 0.391. The smallest absolute Gasteiger partial charge is 0.337 e. The van der Waals surface area contributed by atoms with Gasteiger partial charge in [0.1, 0.15) is 5.75 Å². The topological polar surface area (TPSA) is 90.9 Å². The van der Waals surface area contributed by atoms with E-state index in [1.165, 1.54) is 0 Å². The Bertz CT molecular complexity index is 967. The Morgan fingerprint density at radius 1 is 1.17 bits per heavy atom. The van der Waals surface area contributed by atoms with Crippen molar-refractivity contribution in [3.05, 3.63) is 47.5 Å². The summed E-state index contributed by atoms with van der Waals surface area (Å²) < 4.78 is 5.34. The number of para-hydroxylation sites is 1. The first-order valence-electron chi connectivity index (χ1n) is 10.3. The van der Waals surface area contributed by atoms with Crippen LogP contribution in [0.3, 0.4) is 0 Å².